The molecule has 21 heavy (non-hydrogen) atoms. The van der Waals surface area contributed by atoms with Crippen LogP contribution in [0.5, 0.6) is 0 Å². The summed E-state index contributed by atoms with van der Waals surface area (Å²) in [6.45, 7) is 7.77. The maximum Gasteiger partial charge on any atom is 0.153 e. The van der Waals surface area contributed by atoms with Crippen molar-refractivity contribution >= 4 is 22.4 Å². The molecule has 0 radical (unpaired) electrons. The first-order chi connectivity index (χ1) is 10.1. The van der Waals surface area contributed by atoms with Gasteiger partial charge in [-0.1, -0.05) is 13.0 Å². The predicted molar refractivity (Wildman–Crippen MR) is 88.5 cm³/mol. The fourth-order valence-corrected chi connectivity index (χ4v) is 3.55. The Morgan fingerprint density at radius 2 is 2.05 bits per heavy atom. The van der Waals surface area contributed by atoms with Crippen LogP contribution in [-0.4, -0.2) is 14.5 Å². The number of imidazole rings is 1. The smallest absolute Gasteiger partial charge is 0.153 e. The molecule has 0 unspecified atom stereocenters. The first kappa shape index (κ1) is 14.2. The molecule has 110 valence electrons. The number of fused-ring (bicyclic) bond motifs is 1. The number of nitrogens with two attached hydrogens (primary N) is 1. The minimum absolute atomic E-state index is 0.485. The van der Waals surface area contributed by atoms with Crippen molar-refractivity contribution < 1.29 is 0 Å². The Kier molecular flexibility index (Phi) is 3.78. The van der Waals surface area contributed by atoms with Crippen molar-refractivity contribution in [3.05, 3.63) is 34.5 Å². The molecule has 0 saturated carbocycles. The van der Waals surface area contributed by atoms with E-state index in [0.717, 1.165) is 39.9 Å². The van der Waals surface area contributed by atoms with Gasteiger partial charge in [0.05, 0.1) is 21.6 Å². The van der Waals surface area contributed by atoms with Crippen molar-refractivity contribution in [2.75, 3.05) is 0 Å². The van der Waals surface area contributed by atoms with Gasteiger partial charge in [0.15, 0.2) is 5.82 Å². The lowest BCUT2D eigenvalue weighted by Crippen LogP contribution is -1.99. The lowest BCUT2D eigenvalue weighted by molar-refractivity contribution is 0.704. The minimum atomic E-state index is 0.485. The highest BCUT2D eigenvalue weighted by molar-refractivity contribution is 7.15. The van der Waals surface area contributed by atoms with E-state index in [1.807, 2.05) is 6.92 Å². The van der Waals surface area contributed by atoms with E-state index in [-0.39, 0.29) is 0 Å². The standard InChI is InChI=1S/C16H20N4S/c1-4-7-20-13-6-5-10(2)8-12(13)19-16(20)15-11(3)18-14(9-17)21-15/h5-6,8H,4,7,9,17H2,1-3H3. The summed E-state index contributed by atoms with van der Waals surface area (Å²) in [4.78, 5) is 10.5. The zero-order valence-corrected chi connectivity index (χ0v) is 13.5. The molecule has 4 nitrogen and oxygen atoms in total. The first-order valence-electron chi connectivity index (χ1n) is 7.27. The largest absolute Gasteiger partial charge is 0.325 e. The summed E-state index contributed by atoms with van der Waals surface area (Å²) in [5.74, 6) is 1.02. The molecule has 2 N–H and O–H groups in total. The van der Waals surface area contributed by atoms with Crippen LogP contribution in [-0.2, 0) is 13.1 Å². The second-order valence-corrected chi connectivity index (χ2v) is 6.39. The number of benzene rings is 1. The van der Waals surface area contributed by atoms with Gasteiger partial charge >= 0.3 is 0 Å². The Balaban J connectivity index is 2.24. The molecule has 0 aliphatic carbocycles. The van der Waals surface area contributed by atoms with Gasteiger partial charge in [0.2, 0.25) is 0 Å². The fraction of sp³-hybridized carbons (Fsp3) is 0.375. The molecule has 0 bridgehead atoms. The van der Waals surface area contributed by atoms with Crippen LogP contribution < -0.4 is 5.73 Å². The lowest BCUT2D eigenvalue weighted by Gasteiger charge is -2.06. The van der Waals surface area contributed by atoms with Gasteiger partial charge in [-0.25, -0.2) is 9.97 Å². The highest BCUT2D eigenvalue weighted by atomic mass is 32.1. The zero-order valence-electron chi connectivity index (χ0n) is 12.7. The molecule has 3 aromatic rings. The third kappa shape index (κ3) is 2.47. The topological polar surface area (TPSA) is 56.7 Å². The summed E-state index contributed by atoms with van der Waals surface area (Å²) >= 11 is 1.65. The van der Waals surface area contributed by atoms with Gasteiger partial charge in [-0.3, -0.25) is 0 Å². The van der Waals surface area contributed by atoms with E-state index in [0.29, 0.717) is 6.54 Å². The average molecular weight is 300 g/mol. The summed E-state index contributed by atoms with van der Waals surface area (Å²) in [6, 6.07) is 6.45. The van der Waals surface area contributed by atoms with Crippen LogP contribution in [0.25, 0.3) is 21.7 Å². The number of nitrogens with zero attached hydrogens (tertiary/aromatic N) is 3. The van der Waals surface area contributed by atoms with Crippen LogP contribution in [0, 0.1) is 13.8 Å². The number of hydrogen-bond donors (Lipinski definition) is 1. The van der Waals surface area contributed by atoms with Crippen molar-refractivity contribution in [3.8, 4) is 10.7 Å². The van der Waals surface area contributed by atoms with E-state index in [9.17, 15) is 0 Å². The molecule has 5 heteroatoms. The Bertz CT molecular complexity index is 785. The van der Waals surface area contributed by atoms with Crippen LogP contribution in [0.3, 0.4) is 0 Å². The molecule has 0 aliphatic rings. The number of thiazole rings is 1. The van der Waals surface area contributed by atoms with Gasteiger partial charge in [0, 0.05) is 13.1 Å². The molecule has 1 aromatic carbocycles. The summed E-state index contributed by atoms with van der Waals surface area (Å²) in [6.07, 6.45) is 1.08. The summed E-state index contributed by atoms with van der Waals surface area (Å²) in [5.41, 5.74) is 10.2. The van der Waals surface area contributed by atoms with Crippen molar-refractivity contribution in [3.63, 3.8) is 0 Å². The number of aromatic nitrogens is 3. The minimum Gasteiger partial charge on any atom is -0.325 e. The van der Waals surface area contributed by atoms with Crippen molar-refractivity contribution in [2.45, 2.75) is 40.3 Å². The third-order valence-corrected chi connectivity index (χ3v) is 4.75. The van der Waals surface area contributed by atoms with E-state index >= 15 is 0 Å². The molecule has 0 atom stereocenters. The zero-order chi connectivity index (χ0) is 15.0. The SMILES string of the molecule is CCCn1c(-c2sc(CN)nc2C)nc2cc(C)ccc21. The van der Waals surface area contributed by atoms with Gasteiger partial charge in [-0.15, -0.1) is 11.3 Å². The molecule has 0 saturated heterocycles. The fourth-order valence-electron chi connectivity index (χ4n) is 2.61. The highest BCUT2D eigenvalue weighted by Gasteiger charge is 2.17. The van der Waals surface area contributed by atoms with Crippen LogP contribution in [0.2, 0.25) is 0 Å². The maximum atomic E-state index is 5.72. The van der Waals surface area contributed by atoms with Crippen LogP contribution in [0.15, 0.2) is 18.2 Å². The third-order valence-electron chi connectivity index (χ3n) is 3.57. The van der Waals surface area contributed by atoms with Crippen molar-refractivity contribution in [2.24, 2.45) is 5.73 Å². The molecule has 2 heterocycles. The Morgan fingerprint density at radius 1 is 1.24 bits per heavy atom. The van der Waals surface area contributed by atoms with E-state index in [2.05, 4.69) is 41.6 Å². The van der Waals surface area contributed by atoms with E-state index in [4.69, 9.17) is 10.7 Å². The molecular weight excluding hydrogens is 280 g/mol. The maximum absolute atomic E-state index is 5.72. The molecule has 3 rings (SSSR count). The normalized spacial score (nSPS) is 11.4. The van der Waals surface area contributed by atoms with Gasteiger partial charge in [-0.2, -0.15) is 0 Å². The van der Waals surface area contributed by atoms with Gasteiger partial charge < -0.3 is 10.3 Å². The molecule has 2 aromatic heterocycles. The number of hydrogen-bond acceptors (Lipinski definition) is 4. The number of aryl methyl sites for hydroxylation is 3. The molecular formula is C16H20N4S. The molecule has 0 aliphatic heterocycles. The van der Waals surface area contributed by atoms with E-state index < -0.39 is 0 Å². The Morgan fingerprint density at radius 3 is 2.71 bits per heavy atom. The second kappa shape index (κ2) is 5.58. The van der Waals surface area contributed by atoms with Crippen LogP contribution >= 0.6 is 11.3 Å². The van der Waals surface area contributed by atoms with E-state index in [1.165, 1.54) is 11.1 Å². The van der Waals surface area contributed by atoms with Gasteiger partial charge in [0.1, 0.15) is 5.01 Å². The quantitative estimate of drug-likeness (QED) is 0.800. The van der Waals surface area contributed by atoms with Crippen molar-refractivity contribution in [1.82, 2.24) is 14.5 Å². The predicted octanol–water partition coefficient (Wildman–Crippen LogP) is 3.65. The van der Waals surface area contributed by atoms with Gasteiger partial charge in [0.25, 0.3) is 0 Å². The van der Waals surface area contributed by atoms with Crippen molar-refractivity contribution in [1.29, 1.82) is 0 Å². The summed E-state index contributed by atoms with van der Waals surface area (Å²) in [5, 5.41) is 0.966. The first-order valence-corrected chi connectivity index (χ1v) is 8.09. The second-order valence-electron chi connectivity index (χ2n) is 5.31. The number of rotatable bonds is 4. The Labute approximate surface area is 128 Å². The summed E-state index contributed by atoms with van der Waals surface area (Å²) in [7, 11) is 0. The molecule has 0 spiro atoms. The monoisotopic (exact) mass is 300 g/mol. The van der Waals surface area contributed by atoms with Crippen LogP contribution in [0.4, 0.5) is 0 Å². The highest BCUT2D eigenvalue weighted by Crippen LogP contribution is 2.32. The van der Waals surface area contributed by atoms with Crippen LogP contribution in [0.1, 0.15) is 29.6 Å². The molecule has 0 amide bonds. The lowest BCUT2D eigenvalue weighted by atomic mass is 10.2. The molecule has 0 fully saturated rings. The Hall–Kier alpha value is -1.72. The van der Waals surface area contributed by atoms with Gasteiger partial charge in [-0.05, 0) is 38.0 Å². The summed E-state index contributed by atoms with van der Waals surface area (Å²) < 4.78 is 2.30. The average Bonchev–Trinajstić information content (AvgIpc) is 3.00. The van der Waals surface area contributed by atoms with E-state index in [1.54, 1.807) is 11.3 Å².